The second-order valence-corrected chi connectivity index (χ2v) is 8.13. The number of H-pyrrole nitrogens is 1. The third-order valence-electron chi connectivity index (χ3n) is 6.06. The molecular weight excluding hydrogens is 403 g/mol. The van der Waals surface area contributed by atoms with Crippen LogP contribution < -0.4 is 5.56 Å². The first-order valence-corrected chi connectivity index (χ1v) is 10.2. The molecule has 1 aliphatic rings. The van der Waals surface area contributed by atoms with E-state index in [2.05, 4.69) is 16.1 Å². The topological polar surface area (TPSA) is 64.8 Å². The molecule has 4 rings (SSSR count). The summed E-state index contributed by atoms with van der Waals surface area (Å²) in [6, 6.07) is 18.3. The van der Waals surface area contributed by atoms with Gasteiger partial charge in [0.25, 0.3) is 5.56 Å². The first-order chi connectivity index (χ1) is 14.4. The number of nitrogens with one attached hydrogen (secondary N) is 1. The fraction of sp³-hybridized carbons (Fsp3) is 0.304. The first kappa shape index (κ1) is 20.4. The van der Waals surface area contributed by atoms with E-state index in [0.29, 0.717) is 31.6 Å². The van der Waals surface area contributed by atoms with Crippen LogP contribution in [0.25, 0.3) is 0 Å². The number of hydrogen-bond donors (Lipinski definition) is 1. The summed E-state index contributed by atoms with van der Waals surface area (Å²) in [6.45, 7) is 1.28. The summed E-state index contributed by atoms with van der Waals surface area (Å²) in [5.74, 6) is -0.322. The Labute approximate surface area is 179 Å². The second kappa shape index (κ2) is 8.10. The normalized spacial score (nSPS) is 17.4. The molecule has 0 aliphatic carbocycles. The standard InChI is InChI=1S/C23H22ClFN4O/c1-28-21(19(24)22(30)27-28)20(16-7-9-18(25)10-8-16)29-13-11-23(15-26,12-14-29)17-5-3-2-4-6-17/h2-10,20H,11-14H2,1H3,(H,27,30). The number of piperidine rings is 1. The highest BCUT2D eigenvalue weighted by Crippen LogP contribution is 2.40. The minimum absolute atomic E-state index is 0.131. The van der Waals surface area contributed by atoms with Gasteiger partial charge in [0, 0.05) is 20.1 Å². The lowest BCUT2D eigenvalue weighted by Gasteiger charge is -2.41. The molecule has 0 radical (unpaired) electrons. The van der Waals surface area contributed by atoms with Crippen LogP contribution in [0.3, 0.4) is 0 Å². The number of benzene rings is 2. The molecule has 0 bridgehead atoms. The molecule has 5 nitrogen and oxygen atoms in total. The summed E-state index contributed by atoms with van der Waals surface area (Å²) in [5, 5.41) is 12.8. The van der Waals surface area contributed by atoms with Gasteiger partial charge in [-0.25, -0.2) is 4.39 Å². The Hall–Kier alpha value is -2.88. The molecule has 2 aromatic carbocycles. The maximum Gasteiger partial charge on any atom is 0.283 e. The molecule has 0 amide bonds. The molecule has 0 spiro atoms. The van der Waals surface area contributed by atoms with E-state index in [4.69, 9.17) is 11.6 Å². The van der Waals surface area contributed by atoms with Crippen LogP contribution in [0.4, 0.5) is 4.39 Å². The van der Waals surface area contributed by atoms with Gasteiger partial charge in [0.15, 0.2) is 0 Å². The van der Waals surface area contributed by atoms with Gasteiger partial charge >= 0.3 is 0 Å². The number of halogens is 2. The van der Waals surface area contributed by atoms with E-state index < -0.39 is 5.41 Å². The smallest absolute Gasteiger partial charge is 0.283 e. The fourth-order valence-electron chi connectivity index (χ4n) is 4.40. The number of aromatic nitrogens is 2. The van der Waals surface area contributed by atoms with Gasteiger partial charge in [-0.1, -0.05) is 54.1 Å². The Morgan fingerprint density at radius 1 is 1.13 bits per heavy atom. The Morgan fingerprint density at radius 3 is 2.30 bits per heavy atom. The zero-order chi connectivity index (χ0) is 21.3. The second-order valence-electron chi connectivity index (χ2n) is 7.75. The zero-order valence-electron chi connectivity index (χ0n) is 16.6. The van der Waals surface area contributed by atoms with Gasteiger partial charge in [0.05, 0.1) is 23.2 Å². The molecule has 7 heteroatoms. The summed E-state index contributed by atoms with van der Waals surface area (Å²) >= 11 is 6.37. The summed E-state index contributed by atoms with van der Waals surface area (Å²) in [4.78, 5) is 14.3. The van der Waals surface area contributed by atoms with Crippen LogP contribution in [-0.4, -0.2) is 27.8 Å². The summed E-state index contributed by atoms with van der Waals surface area (Å²) < 4.78 is 15.2. The van der Waals surface area contributed by atoms with Crippen molar-refractivity contribution in [3.8, 4) is 6.07 Å². The minimum Gasteiger partial charge on any atom is -0.291 e. The monoisotopic (exact) mass is 424 g/mol. The van der Waals surface area contributed by atoms with E-state index in [9.17, 15) is 14.4 Å². The molecular formula is C23H22ClFN4O. The van der Waals surface area contributed by atoms with E-state index in [0.717, 1.165) is 11.1 Å². The van der Waals surface area contributed by atoms with E-state index in [1.54, 1.807) is 23.9 Å². The quantitative estimate of drug-likeness (QED) is 0.684. The average Bonchev–Trinajstić information content (AvgIpc) is 3.03. The molecule has 1 aromatic heterocycles. The van der Waals surface area contributed by atoms with Crippen molar-refractivity contribution in [1.82, 2.24) is 14.7 Å². The third kappa shape index (κ3) is 3.55. The van der Waals surface area contributed by atoms with Crippen LogP contribution in [0.1, 0.15) is 35.7 Å². The molecule has 1 aliphatic heterocycles. The Bertz CT molecular complexity index is 1120. The van der Waals surface area contributed by atoms with Gasteiger partial charge in [-0.3, -0.25) is 19.5 Å². The van der Waals surface area contributed by atoms with Crippen molar-refractivity contribution in [1.29, 1.82) is 5.26 Å². The summed E-state index contributed by atoms with van der Waals surface area (Å²) in [6.07, 6.45) is 1.31. The van der Waals surface area contributed by atoms with Crippen molar-refractivity contribution in [2.45, 2.75) is 24.3 Å². The summed E-state index contributed by atoms with van der Waals surface area (Å²) in [5.41, 5.74) is 1.61. The Morgan fingerprint density at radius 2 is 1.77 bits per heavy atom. The molecule has 0 saturated carbocycles. The molecule has 1 atom stereocenters. The van der Waals surface area contributed by atoms with Crippen molar-refractivity contribution in [2.75, 3.05) is 13.1 Å². The van der Waals surface area contributed by atoms with Crippen molar-refractivity contribution in [3.63, 3.8) is 0 Å². The number of aromatic amines is 1. The predicted molar refractivity (Wildman–Crippen MR) is 114 cm³/mol. The van der Waals surface area contributed by atoms with Crippen molar-refractivity contribution >= 4 is 11.6 Å². The molecule has 1 saturated heterocycles. The largest absolute Gasteiger partial charge is 0.291 e. The van der Waals surface area contributed by atoms with Crippen molar-refractivity contribution in [2.24, 2.45) is 7.05 Å². The molecule has 1 unspecified atom stereocenters. The van der Waals surface area contributed by atoms with Crippen LogP contribution in [-0.2, 0) is 12.5 Å². The Balaban J connectivity index is 1.70. The number of likely N-dealkylation sites (tertiary alicyclic amines) is 1. The molecule has 154 valence electrons. The third-order valence-corrected chi connectivity index (χ3v) is 6.42. The highest BCUT2D eigenvalue weighted by Gasteiger charge is 2.40. The molecule has 30 heavy (non-hydrogen) atoms. The number of aryl methyl sites for hydroxylation is 1. The molecule has 3 aromatic rings. The SMILES string of the molecule is Cn1[nH]c(=O)c(Cl)c1C(c1ccc(F)cc1)N1CCC(C#N)(c2ccccc2)CC1. The lowest BCUT2D eigenvalue weighted by molar-refractivity contribution is 0.148. The van der Waals surface area contributed by atoms with Gasteiger partial charge in [-0.05, 0) is 36.1 Å². The lowest BCUT2D eigenvalue weighted by atomic mass is 9.73. The number of nitrogens with zero attached hydrogens (tertiary/aromatic N) is 3. The molecule has 1 N–H and O–H groups in total. The maximum atomic E-state index is 13.6. The van der Waals surface area contributed by atoms with Crippen LogP contribution in [0, 0.1) is 17.1 Å². The predicted octanol–water partition coefficient (Wildman–Crippen LogP) is 4.15. The molecule has 2 heterocycles. The maximum absolute atomic E-state index is 13.6. The van der Waals surface area contributed by atoms with Crippen LogP contribution >= 0.6 is 11.6 Å². The number of rotatable bonds is 4. The van der Waals surface area contributed by atoms with Crippen LogP contribution in [0.2, 0.25) is 5.02 Å². The van der Waals surface area contributed by atoms with E-state index in [1.807, 2.05) is 30.3 Å². The van der Waals surface area contributed by atoms with Crippen LogP contribution in [0.15, 0.2) is 59.4 Å². The average molecular weight is 425 g/mol. The van der Waals surface area contributed by atoms with Crippen molar-refractivity contribution < 1.29 is 4.39 Å². The highest BCUT2D eigenvalue weighted by molar-refractivity contribution is 6.31. The van der Waals surface area contributed by atoms with E-state index >= 15 is 0 Å². The fourth-order valence-corrected chi connectivity index (χ4v) is 4.67. The number of hydrogen-bond acceptors (Lipinski definition) is 3. The summed E-state index contributed by atoms with van der Waals surface area (Å²) in [7, 11) is 1.74. The zero-order valence-corrected chi connectivity index (χ0v) is 17.4. The van der Waals surface area contributed by atoms with E-state index in [-0.39, 0.29) is 22.4 Å². The van der Waals surface area contributed by atoms with Crippen LogP contribution in [0.5, 0.6) is 0 Å². The number of nitriles is 1. The van der Waals surface area contributed by atoms with Gasteiger partial charge in [0.1, 0.15) is 10.8 Å². The lowest BCUT2D eigenvalue weighted by Crippen LogP contribution is -2.44. The highest BCUT2D eigenvalue weighted by atomic mass is 35.5. The van der Waals surface area contributed by atoms with Crippen molar-refractivity contribution in [3.05, 3.63) is 92.6 Å². The van der Waals surface area contributed by atoms with Gasteiger partial charge < -0.3 is 0 Å². The first-order valence-electron chi connectivity index (χ1n) is 9.86. The van der Waals surface area contributed by atoms with Gasteiger partial charge in [0.2, 0.25) is 0 Å². The van der Waals surface area contributed by atoms with Gasteiger partial charge in [-0.2, -0.15) is 5.26 Å². The van der Waals surface area contributed by atoms with E-state index in [1.165, 1.54) is 12.1 Å². The molecule has 1 fully saturated rings. The Kier molecular flexibility index (Phi) is 5.50. The minimum atomic E-state index is -0.543. The van der Waals surface area contributed by atoms with Gasteiger partial charge in [-0.15, -0.1) is 0 Å².